The molecule has 33 heavy (non-hydrogen) atoms. The maximum absolute atomic E-state index is 12.9. The lowest BCUT2D eigenvalue weighted by Crippen LogP contribution is -2.34. The summed E-state index contributed by atoms with van der Waals surface area (Å²) in [5.74, 6) is 2.37. The fraction of sp³-hybridized carbons (Fsp3) is 0.481. The monoisotopic (exact) mass is 448 g/mol. The van der Waals surface area contributed by atoms with Crippen LogP contribution in [0.25, 0.3) is 5.57 Å². The predicted octanol–water partition coefficient (Wildman–Crippen LogP) is 4.75. The molecule has 1 heterocycles. The number of aromatic nitrogens is 2. The number of terminal acetylenes is 1. The van der Waals surface area contributed by atoms with Gasteiger partial charge in [0.15, 0.2) is 5.82 Å². The first kappa shape index (κ1) is 24.8. The van der Waals surface area contributed by atoms with Crippen LogP contribution in [0.15, 0.2) is 30.5 Å². The van der Waals surface area contributed by atoms with E-state index in [1.165, 1.54) is 17.3 Å². The molecule has 1 aliphatic carbocycles. The predicted molar refractivity (Wildman–Crippen MR) is 134 cm³/mol. The van der Waals surface area contributed by atoms with Gasteiger partial charge >= 0.3 is 0 Å². The first-order valence-electron chi connectivity index (χ1n) is 11.5. The van der Waals surface area contributed by atoms with Crippen LogP contribution in [-0.4, -0.2) is 42.7 Å². The Morgan fingerprint density at radius 1 is 1.36 bits per heavy atom. The number of H-pyrrole nitrogens is 1. The van der Waals surface area contributed by atoms with Crippen molar-refractivity contribution >= 4 is 17.2 Å². The number of nitrogens with one attached hydrogen (secondary N) is 3. The zero-order valence-electron chi connectivity index (χ0n) is 20.5. The van der Waals surface area contributed by atoms with Gasteiger partial charge in [-0.3, -0.25) is 4.79 Å². The topological polar surface area (TPSA) is 79.0 Å². The molecule has 6 heteroatoms. The molecule has 0 bridgehead atoms. The van der Waals surface area contributed by atoms with Gasteiger partial charge in [0, 0.05) is 36.9 Å². The third kappa shape index (κ3) is 6.34. The molecular formula is C27H36N4O2. The van der Waals surface area contributed by atoms with Gasteiger partial charge in [-0.2, -0.15) is 0 Å². The van der Waals surface area contributed by atoms with Crippen LogP contribution in [0.3, 0.4) is 0 Å². The van der Waals surface area contributed by atoms with Crippen LogP contribution in [-0.2, 0) is 10.2 Å². The standard InChI is InChI=1S/C27H36N4O2/c1-7-21-17-29-24(30-21)25(32)31-23-9-8-20(27(4,5)18-28-14-15-33-6)16-22(23)19-10-12-26(2,3)13-11-19/h1,8-10,16-17,28H,11-15,18H2,2-6H3,(H,29,30)(H,31,32). The molecule has 6 nitrogen and oxygen atoms in total. The molecule has 0 atom stereocenters. The highest BCUT2D eigenvalue weighted by atomic mass is 16.5. The number of allylic oxidation sites excluding steroid dienone is 2. The van der Waals surface area contributed by atoms with Crippen molar-refractivity contribution < 1.29 is 9.53 Å². The van der Waals surface area contributed by atoms with Crippen LogP contribution in [0.1, 0.15) is 74.4 Å². The number of aromatic amines is 1. The minimum absolute atomic E-state index is 0.0811. The minimum atomic E-state index is -0.303. The SMILES string of the molecule is C#Cc1cnc(C(=O)Nc2ccc(C(C)(C)CNCCOC)cc2C2=CCC(C)(C)CC2)[nH]1. The zero-order chi connectivity index (χ0) is 24.1. The number of hydrogen-bond donors (Lipinski definition) is 3. The Kier molecular flexibility index (Phi) is 7.78. The fourth-order valence-electron chi connectivity index (χ4n) is 4.03. The van der Waals surface area contributed by atoms with Crippen molar-refractivity contribution in [1.29, 1.82) is 0 Å². The summed E-state index contributed by atoms with van der Waals surface area (Å²) >= 11 is 0. The molecule has 176 valence electrons. The molecule has 0 unspecified atom stereocenters. The molecule has 0 saturated heterocycles. The van der Waals surface area contributed by atoms with Crippen molar-refractivity contribution in [2.75, 3.05) is 32.1 Å². The Hall–Kier alpha value is -2.88. The molecule has 3 N–H and O–H groups in total. The highest BCUT2D eigenvalue weighted by Crippen LogP contribution is 2.41. The Balaban J connectivity index is 1.91. The summed E-state index contributed by atoms with van der Waals surface area (Å²) in [6, 6.07) is 6.33. The lowest BCUT2D eigenvalue weighted by molar-refractivity contribution is 0.101. The Labute approximate surface area is 197 Å². The van der Waals surface area contributed by atoms with E-state index in [0.717, 1.165) is 43.6 Å². The van der Waals surface area contributed by atoms with E-state index in [2.05, 4.69) is 72.4 Å². The van der Waals surface area contributed by atoms with Crippen molar-refractivity contribution in [2.24, 2.45) is 5.41 Å². The molecule has 2 aromatic rings. The smallest absolute Gasteiger partial charge is 0.291 e. The number of ether oxygens (including phenoxy) is 1. The molecule has 0 spiro atoms. The summed E-state index contributed by atoms with van der Waals surface area (Å²) in [6.45, 7) is 11.4. The van der Waals surface area contributed by atoms with Gasteiger partial charge in [-0.25, -0.2) is 4.98 Å². The number of anilines is 1. The summed E-state index contributed by atoms with van der Waals surface area (Å²) in [5, 5.41) is 6.52. The average molecular weight is 449 g/mol. The van der Waals surface area contributed by atoms with Crippen LogP contribution >= 0.6 is 0 Å². The number of rotatable bonds is 9. The fourth-order valence-corrected chi connectivity index (χ4v) is 4.03. The second-order valence-electron chi connectivity index (χ2n) is 10.2. The van der Waals surface area contributed by atoms with Gasteiger partial charge in [0.2, 0.25) is 0 Å². The number of nitrogens with zero attached hydrogens (tertiary/aromatic N) is 1. The van der Waals surface area contributed by atoms with Gasteiger partial charge < -0.3 is 20.4 Å². The lowest BCUT2D eigenvalue weighted by Gasteiger charge is -2.31. The first-order valence-corrected chi connectivity index (χ1v) is 11.5. The third-order valence-corrected chi connectivity index (χ3v) is 6.36. The second kappa shape index (κ2) is 10.4. The number of carbonyl (C=O) groups excluding carboxylic acids is 1. The number of carbonyl (C=O) groups is 1. The van der Waals surface area contributed by atoms with E-state index in [0.29, 0.717) is 17.7 Å². The van der Waals surface area contributed by atoms with Gasteiger partial charge in [-0.1, -0.05) is 45.8 Å². The maximum atomic E-state index is 12.9. The third-order valence-electron chi connectivity index (χ3n) is 6.36. The number of amides is 1. The van der Waals surface area contributed by atoms with E-state index in [1.54, 1.807) is 7.11 Å². The molecule has 1 aliphatic rings. The summed E-state index contributed by atoms with van der Waals surface area (Å²) in [5.41, 5.74) is 5.06. The van der Waals surface area contributed by atoms with E-state index in [9.17, 15) is 4.79 Å². The van der Waals surface area contributed by atoms with Crippen LogP contribution in [0.4, 0.5) is 5.69 Å². The van der Waals surface area contributed by atoms with Gasteiger partial charge in [-0.15, -0.1) is 6.42 Å². The summed E-state index contributed by atoms with van der Waals surface area (Å²) in [4.78, 5) is 19.8. The van der Waals surface area contributed by atoms with Crippen LogP contribution in [0.5, 0.6) is 0 Å². The van der Waals surface area contributed by atoms with Gasteiger partial charge in [0.25, 0.3) is 5.91 Å². The molecule has 1 aromatic heterocycles. The molecule has 3 rings (SSSR count). The van der Waals surface area contributed by atoms with Crippen molar-refractivity contribution in [3.8, 4) is 12.3 Å². The van der Waals surface area contributed by atoms with E-state index in [4.69, 9.17) is 11.2 Å². The van der Waals surface area contributed by atoms with Gasteiger partial charge in [-0.05, 0) is 47.9 Å². The zero-order valence-corrected chi connectivity index (χ0v) is 20.5. The maximum Gasteiger partial charge on any atom is 0.291 e. The lowest BCUT2D eigenvalue weighted by atomic mass is 9.76. The van der Waals surface area contributed by atoms with Crippen molar-refractivity contribution in [1.82, 2.24) is 15.3 Å². The summed E-state index contributed by atoms with van der Waals surface area (Å²) in [6.07, 6.45) is 12.3. The van der Waals surface area contributed by atoms with Crippen molar-refractivity contribution in [3.63, 3.8) is 0 Å². The van der Waals surface area contributed by atoms with Gasteiger partial charge in [0.05, 0.1) is 12.8 Å². The second-order valence-corrected chi connectivity index (χ2v) is 10.2. The normalized spacial score (nSPS) is 15.6. The number of benzene rings is 1. The van der Waals surface area contributed by atoms with E-state index in [-0.39, 0.29) is 17.1 Å². The average Bonchev–Trinajstić information content (AvgIpc) is 3.27. The quantitative estimate of drug-likeness (QED) is 0.382. The van der Waals surface area contributed by atoms with E-state index in [1.807, 2.05) is 6.07 Å². The number of hydrogen-bond acceptors (Lipinski definition) is 4. The minimum Gasteiger partial charge on any atom is -0.383 e. The molecule has 0 aliphatic heterocycles. The van der Waals surface area contributed by atoms with Gasteiger partial charge in [0.1, 0.15) is 5.69 Å². The molecule has 1 aromatic carbocycles. The Bertz CT molecular complexity index is 1060. The van der Waals surface area contributed by atoms with Crippen LogP contribution in [0, 0.1) is 17.8 Å². The van der Waals surface area contributed by atoms with E-state index >= 15 is 0 Å². The largest absolute Gasteiger partial charge is 0.383 e. The van der Waals surface area contributed by atoms with E-state index < -0.39 is 0 Å². The van der Waals surface area contributed by atoms with Crippen molar-refractivity contribution in [3.05, 3.63) is 53.1 Å². The van der Waals surface area contributed by atoms with Crippen LogP contribution in [0.2, 0.25) is 0 Å². The molecule has 0 saturated carbocycles. The summed E-state index contributed by atoms with van der Waals surface area (Å²) < 4.78 is 5.15. The molecule has 0 radical (unpaired) electrons. The number of imidazole rings is 1. The highest BCUT2D eigenvalue weighted by molar-refractivity contribution is 6.03. The van der Waals surface area contributed by atoms with Crippen LogP contribution < -0.4 is 10.6 Å². The molecule has 1 amide bonds. The molecule has 0 fully saturated rings. The molecular weight excluding hydrogens is 412 g/mol. The number of methoxy groups -OCH3 is 1. The highest BCUT2D eigenvalue weighted by Gasteiger charge is 2.26. The first-order chi connectivity index (χ1) is 15.6. The Morgan fingerprint density at radius 2 is 2.15 bits per heavy atom. The Morgan fingerprint density at radius 3 is 2.79 bits per heavy atom. The summed E-state index contributed by atoms with van der Waals surface area (Å²) in [7, 11) is 1.71. The van der Waals surface area contributed by atoms with Crippen molar-refractivity contribution in [2.45, 2.75) is 52.4 Å².